The molecule has 0 heterocycles. The van der Waals surface area contributed by atoms with Crippen LogP contribution in [0.1, 0.15) is 30.0 Å². The molecule has 3 aromatic rings. The number of carbonyl (C=O) groups is 1. The minimum absolute atomic E-state index is 0.0575. The first kappa shape index (κ1) is 26.2. The SMILES string of the molecule is Cc1ccc(S(=O)(=O)N(CC(=O)N[C@@H](C)CCc2ccccc2)Cc2ccc(Cl)cc2Cl)cc1. The van der Waals surface area contributed by atoms with Gasteiger partial charge in [-0.1, -0.05) is 77.3 Å². The molecule has 0 aliphatic carbocycles. The molecule has 1 amide bonds. The number of aryl methyl sites for hydroxylation is 2. The fourth-order valence-electron chi connectivity index (χ4n) is 3.51. The molecule has 8 heteroatoms. The van der Waals surface area contributed by atoms with Gasteiger partial charge in [0.05, 0.1) is 11.4 Å². The number of carbonyl (C=O) groups excluding carboxylic acids is 1. The Bertz CT molecular complexity index is 1220. The summed E-state index contributed by atoms with van der Waals surface area (Å²) in [6, 6.07) is 21.3. The van der Waals surface area contributed by atoms with Crippen molar-refractivity contribution in [2.24, 2.45) is 0 Å². The molecule has 0 saturated carbocycles. The number of nitrogens with zero attached hydrogens (tertiary/aromatic N) is 1. The molecule has 180 valence electrons. The summed E-state index contributed by atoms with van der Waals surface area (Å²) in [4.78, 5) is 13.0. The Balaban J connectivity index is 1.75. The maximum absolute atomic E-state index is 13.4. The van der Waals surface area contributed by atoms with Crippen molar-refractivity contribution in [2.75, 3.05) is 6.54 Å². The average molecular weight is 519 g/mol. The number of sulfonamides is 1. The molecule has 0 unspecified atom stereocenters. The smallest absolute Gasteiger partial charge is 0.243 e. The number of benzene rings is 3. The molecular weight excluding hydrogens is 491 g/mol. The van der Waals surface area contributed by atoms with Gasteiger partial charge in [-0.15, -0.1) is 0 Å². The molecule has 0 spiro atoms. The molecule has 3 aromatic carbocycles. The van der Waals surface area contributed by atoms with Crippen LogP contribution >= 0.6 is 23.2 Å². The normalized spacial score (nSPS) is 12.5. The van der Waals surface area contributed by atoms with E-state index in [4.69, 9.17) is 23.2 Å². The van der Waals surface area contributed by atoms with Crippen LogP contribution in [0.3, 0.4) is 0 Å². The molecule has 0 aliphatic rings. The maximum atomic E-state index is 13.4. The lowest BCUT2D eigenvalue weighted by molar-refractivity contribution is -0.122. The molecule has 0 saturated heterocycles. The lowest BCUT2D eigenvalue weighted by Gasteiger charge is -2.24. The van der Waals surface area contributed by atoms with Gasteiger partial charge >= 0.3 is 0 Å². The minimum Gasteiger partial charge on any atom is -0.352 e. The third kappa shape index (κ3) is 7.31. The fraction of sp³-hybridized carbons (Fsp3) is 0.269. The van der Waals surface area contributed by atoms with Crippen molar-refractivity contribution >= 4 is 39.1 Å². The van der Waals surface area contributed by atoms with Crippen molar-refractivity contribution in [3.05, 3.63) is 99.5 Å². The summed E-state index contributed by atoms with van der Waals surface area (Å²) < 4.78 is 28.0. The van der Waals surface area contributed by atoms with Crippen LogP contribution in [-0.4, -0.2) is 31.2 Å². The molecule has 0 radical (unpaired) electrons. The standard InChI is InChI=1S/C26H28Cl2N2O3S/c1-19-8-14-24(15-9-19)34(32,33)30(17-22-12-13-23(27)16-25(22)28)18-26(31)29-20(2)10-11-21-6-4-3-5-7-21/h3-9,12-16,20H,10-11,17-18H2,1-2H3,(H,29,31)/t20-/m0/s1. The second kappa shape index (κ2) is 11.8. The predicted octanol–water partition coefficient (Wildman–Crippen LogP) is 5.63. The highest BCUT2D eigenvalue weighted by molar-refractivity contribution is 7.89. The van der Waals surface area contributed by atoms with Crippen molar-refractivity contribution in [3.63, 3.8) is 0 Å². The summed E-state index contributed by atoms with van der Waals surface area (Å²) in [5.41, 5.74) is 2.69. The summed E-state index contributed by atoms with van der Waals surface area (Å²) >= 11 is 12.3. The number of amides is 1. The zero-order valence-electron chi connectivity index (χ0n) is 19.2. The lowest BCUT2D eigenvalue weighted by Crippen LogP contribution is -2.43. The van der Waals surface area contributed by atoms with Gasteiger partial charge in [0.25, 0.3) is 0 Å². The second-order valence-corrected chi connectivity index (χ2v) is 11.1. The van der Waals surface area contributed by atoms with E-state index in [1.54, 1.807) is 42.5 Å². The summed E-state index contributed by atoms with van der Waals surface area (Å²) in [5, 5.41) is 3.72. The van der Waals surface area contributed by atoms with Gasteiger partial charge in [0.15, 0.2) is 0 Å². The topological polar surface area (TPSA) is 66.5 Å². The van der Waals surface area contributed by atoms with Crippen LogP contribution < -0.4 is 5.32 Å². The molecule has 0 bridgehead atoms. The van der Waals surface area contributed by atoms with Crippen LogP contribution in [0.15, 0.2) is 77.7 Å². The molecule has 1 N–H and O–H groups in total. The molecule has 0 aliphatic heterocycles. The molecule has 1 atom stereocenters. The molecular formula is C26H28Cl2N2O3S. The largest absolute Gasteiger partial charge is 0.352 e. The van der Waals surface area contributed by atoms with E-state index in [0.29, 0.717) is 15.6 Å². The Kier molecular flexibility index (Phi) is 9.14. The van der Waals surface area contributed by atoms with Gasteiger partial charge in [-0.2, -0.15) is 4.31 Å². The van der Waals surface area contributed by atoms with Gasteiger partial charge in [-0.25, -0.2) is 8.42 Å². The molecule has 0 aromatic heterocycles. The van der Waals surface area contributed by atoms with E-state index in [9.17, 15) is 13.2 Å². The highest BCUT2D eigenvalue weighted by atomic mass is 35.5. The van der Waals surface area contributed by atoms with Crippen LogP contribution in [0, 0.1) is 6.92 Å². The first-order valence-electron chi connectivity index (χ1n) is 11.0. The summed E-state index contributed by atoms with van der Waals surface area (Å²) in [7, 11) is -3.95. The number of nitrogens with one attached hydrogen (secondary N) is 1. The van der Waals surface area contributed by atoms with Crippen LogP contribution in [0.25, 0.3) is 0 Å². The number of rotatable bonds is 10. The van der Waals surface area contributed by atoms with Gasteiger partial charge < -0.3 is 5.32 Å². The van der Waals surface area contributed by atoms with Crippen LogP contribution in [0.5, 0.6) is 0 Å². The fourth-order valence-corrected chi connectivity index (χ4v) is 5.35. The zero-order chi connectivity index (χ0) is 24.7. The summed E-state index contributed by atoms with van der Waals surface area (Å²) in [6.07, 6.45) is 1.55. The maximum Gasteiger partial charge on any atom is 0.243 e. The molecule has 34 heavy (non-hydrogen) atoms. The van der Waals surface area contributed by atoms with Crippen molar-refractivity contribution < 1.29 is 13.2 Å². The molecule has 3 rings (SSSR count). The van der Waals surface area contributed by atoms with Gasteiger partial charge in [-0.3, -0.25) is 4.79 Å². The lowest BCUT2D eigenvalue weighted by atomic mass is 10.1. The Hall–Kier alpha value is -2.38. The summed E-state index contributed by atoms with van der Waals surface area (Å²) in [5.74, 6) is -0.374. The summed E-state index contributed by atoms with van der Waals surface area (Å²) in [6.45, 7) is 3.41. The van der Waals surface area contributed by atoms with E-state index in [-0.39, 0.29) is 29.9 Å². The highest BCUT2D eigenvalue weighted by Gasteiger charge is 2.28. The Labute approximate surface area is 211 Å². The van der Waals surface area contributed by atoms with Crippen molar-refractivity contribution in [1.82, 2.24) is 9.62 Å². The van der Waals surface area contributed by atoms with E-state index in [1.807, 2.05) is 44.2 Å². The van der Waals surface area contributed by atoms with Crippen molar-refractivity contribution in [1.29, 1.82) is 0 Å². The van der Waals surface area contributed by atoms with E-state index in [1.165, 1.54) is 5.56 Å². The third-order valence-corrected chi connectivity index (χ3v) is 7.85. The van der Waals surface area contributed by atoms with Gasteiger partial charge in [0.1, 0.15) is 0 Å². The van der Waals surface area contributed by atoms with Crippen LogP contribution in [0.4, 0.5) is 0 Å². The second-order valence-electron chi connectivity index (χ2n) is 8.31. The van der Waals surface area contributed by atoms with E-state index >= 15 is 0 Å². The average Bonchev–Trinajstić information content (AvgIpc) is 2.80. The monoisotopic (exact) mass is 518 g/mol. The number of hydrogen-bond donors (Lipinski definition) is 1. The number of halogens is 2. The predicted molar refractivity (Wildman–Crippen MR) is 138 cm³/mol. The van der Waals surface area contributed by atoms with Gasteiger partial charge in [-0.05, 0) is 62.1 Å². The first-order valence-corrected chi connectivity index (χ1v) is 13.2. The van der Waals surface area contributed by atoms with E-state index in [2.05, 4.69) is 5.32 Å². The van der Waals surface area contributed by atoms with Crippen molar-refractivity contribution in [3.8, 4) is 0 Å². The molecule has 0 fully saturated rings. The third-order valence-electron chi connectivity index (χ3n) is 5.46. The minimum atomic E-state index is -3.95. The van der Waals surface area contributed by atoms with E-state index < -0.39 is 10.0 Å². The van der Waals surface area contributed by atoms with Crippen molar-refractivity contribution in [2.45, 2.75) is 44.2 Å². The van der Waals surface area contributed by atoms with Crippen LogP contribution in [0.2, 0.25) is 10.0 Å². The first-order chi connectivity index (χ1) is 16.1. The Morgan fingerprint density at radius 1 is 1.00 bits per heavy atom. The highest BCUT2D eigenvalue weighted by Crippen LogP contribution is 2.25. The Morgan fingerprint density at radius 2 is 1.68 bits per heavy atom. The molecule has 5 nitrogen and oxygen atoms in total. The Morgan fingerprint density at radius 3 is 2.32 bits per heavy atom. The van der Waals surface area contributed by atoms with E-state index in [0.717, 1.165) is 22.7 Å². The quantitative estimate of drug-likeness (QED) is 0.378. The van der Waals surface area contributed by atoms with Gasteiger partial charge in [0.2, 0.25) is 15.9 Å². The van der Waals surface area contributed by atoms with Crippen LogP contribution in [-0.2, 0) is 27.8 Å². The number of hydrogen-bond acceptors (Lipinski definition) is 3. The van der Waals surface area contributed by atoms with Gasteiger partial charge in [0, 0.05) is 22.6 Å². The zero-order valence-corrected chi connectivity index (χ0v) is 21.5.